The van der Waals surface area contributed by atoms with Crippen LogP contribution in [-0.2, 0) is 20.7 Å². The van der Waals surface area contributed by atoms with Crippen molar-refractivity contribution in [3.05, 3.63) is 29.8 Å². The van der Waals surface area contributed by atoms with Crippen LogP contribution in [0.4, 0.5) is 0 Å². The summed E-state index contributed by atoms with van der Waals surface area (Å²) >= 11 is 0. The second-order valence-corrected chi connectivity index (χ2v) is 12.8. The van der Waals surface area contributed by atoms with Gasteiger partial charge in [0.25, 0.3) is 10.1 Å². The van der Waals surface area contributed by atoms with Crippen LogP contribution in [0.15, 0.2) is 29.2 Å². The van der Waals surface area contributed by atoms with Gasteiger partial charge in [-0.1, -0.05) is 38.7 Å². The summed E-state index contributed by atoms with van der Waals surface area (Å²) in [5, 5.41) is 0. The Hall–Kier alpha value is -0.653. The predicted octanol–water partition coefficient (Wildman–Crippen LogP) is 3.29. The first-order chi connectivity index (χ1) is 8.24. The molecule has 5 heteroatoms. The van der Waals surface area contributed by atoms with Crippen molar-refractivity contribution < 1.29 is 12.6 Å². The van der Waals surface area contributed by atoms with E-state index in [0.717, 1.165) is 18.0 Å². The van der Waals surface area contributed by atoms with Crippen LogP contribution >= 0.6 is 0 Å². The predicted molar refractivity (Wildman–Crippen MR) is 77.1 cm³/mol. The lowest BCUT2D eigenvalue weighted by Crippen LogP contribution is -2.22. The van der Waals surface area contributed by atoms with E-state index in [2.05, 4.69) is 19.6 Å². The number of hydrogen-bond donors (Lipinski definition) is 0. The van der Waals surface area contributed by atoms with E-state index in [-0.39, 0.29) is 11.5 Å². The van der Waals surface area contributed by atoms with Gasteiger partial charge < -0.3 is 0 Å². The topological polar surface area (TPSA) is 43.4 Å². The molecule has 0 amide bonds. The fraction of sp³-hybridized carbons (Fsp3) is 0.538. The fourth-order valence-electron chi connectivity index (χ4n) is 1.42. The monoisotopic (exact) mass is 286 g/mol. The third-order valence-corrected chi connectivity index (χ3v) is 5.74. The summed E-state index contributed by atoms with van der Waals surface area (Å²) in [6.45, 7) is 8.90. The van der Waals surface area contributed by atoms with Crippen molar-refractivity contribution in [2.75, 3.05) is 6.61 Å². The molecule has 0 aliphatic rings. The number of benzene rings is 1. The fourth-order valence-corrected chi connectivity index (χ4v) is 3.19. The minimum absolute atomic E-state index is 0.246. The summed E-state index contributed by atoms with van der Waals surface area (Å²) in [5.74, 6) is 0. The highest BCUT2D eigenvalue weighted by molar-refractivity contribution is 7.86. The summed E-state index contributed by atoms with van der Waals surface area (Å²) in [7, 11) is -4.85. The van der Waals surface area contributed by atoms with Crippen LogP contribution in [0.1, 0.15) is 12.5 Å². The van der Waals surface area contributed by atoms with Gasteiger partial charge >= 0.3 is 0 Å². The molecule has 0 spiro atoms. The van der Waals surface area contributed by atoms with Gasteiger partial charge in [-0.3, -0.25) is 4.18 Å². The lowest BCUT2D eigenvalue weighted by atomic mass is 10.2. The summed E-state index contributed by atoms with van der Waals surface area (Å²) in [5.41, 5.74) is 1.12. The molecule has 18 heavy (non-hydrogen) atoms. The molecule has 1 aromatic carbocycles. The molecule has 1 aromatic rings. The maximum Gasteiger partial charge on any atom is 0.296 e. The van der Waals surface area contributed by atoms with Crippen LogP contribution in [0.2, 0.25) is 25.7 Å². The quantitative estimate of drug-likeness (QED) is 0.595. The number of rotatable bonds is 6. The van der Waals surface area contributed by atoms with Crippen LogP contribution in [0.5, 0.6) is 0 Å². The third-order valence-electron chi connectivity index (χ3n) is 2.71. The molecule has 0 aromatic heterocycles. The SMILES string of the molecule is CCc1ccc(S(=O)(=O)OCC[Si](C)(C)C)cc1. The van der Waals surface area contributed by atoms with Crippen molar-refractivity contribution in [2.45, 2.75) is 43.9 Å². The van der Waals surface area contributed by atoms with Crippen LogP contribution < -0.4 is 0 Å². The van der Waals surface area contributed by atoms with Gasteiger partial charge in [-0.05, 0) is 30.2 Å². The van der Waals surface area contributed by atoms with Crippen molar-refractivity contribution in [3.63, 3.8) is 0 Å². The molecule has 3 nitrogen and oxygen atoms in total. The Labute approximate surface area is 111 Å². The minimum Gasteiger partial charge on any atom is -0.267 e. The Morgan fingerprint density at radius 2 is 1.67 bits per heavy atom. The first-order valence-electron chi connectivity index (χ1n) is 6.23. The van der Waals surface area contributed by atoms with Crippen LogP contribution in [0, 0.1) is 0 Å². The summed E-state index contributed by atoms with van der Waals surface area (Å²) in [6, 6.07) is 7.73. The summed E-state index contributed by atoms with van der Waals surface area (Å²) < 4.78 is 28.9. The van der Waals surface area contributed by atoms with E-state index in [9.17, 15) is 8.42 Å². The van der Waals surface area contributed by atoms with Gasteiger partial charge in [0.15, 0.2) is 0 Å². The van der Waals surface area contributed by atoms with Crippen LogP contribution in [0.3, 0.4) is 0 Å². The van der Waals surface area contributed by atoms with E-state index >= 15 is 0 Å². The highest BCUT2D eigenvalue weighted by atomic mass is 32.2. The average Bonchev–Trinajstić information content (AvgIpc) is 2.27. The lowest BCUT2D eigenvalue weighted by molar-refractivity contribution is 0.336. The Morgan fingerprint density at radius 1 is 1.11 bits per heavy atom. The molecule has 0 heterocycles. The molecule has 0 aliphatic heterocycles. The van der Waals surface area contributed by atoms with Crippen molar-refractivity contribution in [2.24, 2.45) is 0 Å². The first kappa shape index (κ1) is 15.4. The zero-order chi connectivity index (χ0) is 13.8. The standard InChI is InChI=1S/C13H22O3SSi/c1-5-12-6-8-13(9-7-12)17(14,15)16-10-11-18(2,3)4/h6-9H,5,10-11H2,1-4H3. The smallest absolute Gasteiger partial charge is 0.267 e. The lowest BCUT2D eigenvalue weighted by Gasteiger charge is -2.15. The van der Waals surface area contributed by atoms with Gasteiger partial charge in [-0.15, -0.1) is 0 Å². The zero-order valence-electron chi connectivity index (χ0n) is 11.6. The van der Waals surface area contributed by atoms with Gasteiger partial charge in [-0.25, -0.2) is 0 Å². The molecule has 0 radical (unpaired) electrons. The Morgan fingerprint density at radius 3 is 2.11 bits per heavy atom. The average molecular weight is 286 g/mol. The molecule has 0 N–H and O–H groups in total. The van der Waals surface area contributed by atoms with Crippen LogP contribution in [-0.4, -0.2) is 23.1 Å². The van der Waals surface area contributed by atoms with E-state index in [1.165, 1.54) is 0 Å². The van der Waals surface area contributed by atoms with Crippen molar-refractivity contribution >= 4 is 18.2 Å². The van der Waals surface area contributed by atoms with Crippen LogP contribution in [0.25, 0.3) is 0 Å². The molecule has 0 fully saturated rings. The largest absolute Gasteiger partial charge is 0.296 e. The van der Waals surface area contributed by atoms with Crippen molar-refractivity contribution in [3.8, 4) is 0 Å². The Bertz CT molecular complexity index is 472. The Kier molecular flexibility index (Phi) is 5.13. The highest BCUT2D eigenvalue weighted by Gasteiger charge is 2.18. The molecule has 0 unspecified atom stereocenters. The van der Waals surface area contributed by atoms with Crippen molar-refractivity contribution in [1.82, 2.24) is 0 Å². The normalized spacial score (nSPS) is 12.7. The van der Waals surface area contributed by atoms with Gasteiger partial charge in [0.05, 0.1) is 11.5 Å². The molecule has 0 aliphatic carbocycles. The van der Waals surface area contributed by atoms with Gasteiger partial charge in [-0.2, -0.15) is 8.42 Å². The van der Waals surface area contributed by atoms with Gasteiger partial charge in [0, 0.05) is 8.07 Å². The molecular weight excluding hydrogens is 264 g/mol. The summed E-state index contributed by atoms with van der Waals surface area (Å²) in [4.78, 5) is 0.246. The second kappa shape index (κ2) is 5.99. The zero-order valence-corrected chi connectivity index (χ0v) is 13.4. The summed E-state index contributed by atoms with van der Waals surface area (Å²) in [6.07, 6.45) is 0.900. The molecule has 0 atom stereocenters. The van der Waals surface area contributed by atoms with Gasteiger partial charge in [0.2, 0.25) is 0 Å². The molecule has 0 saturated carbocycles. The minimum atomic E-state index is -3.59. The van der Waals surface area contributed by atoms with E-state index in [4.69, 9.17) is 4.18 Å². The molecule has 1 rings (SSSR count). The molecular formula is C13H22O3SSi. The van der Waals surface area contributed by atoms with E-state index < -0.39 is 18.2 Å². The van der Waals surface area contributed by atoms with E-state index in [1.807, 2.05) is 19.1 Å². The molecule has 0 bridgehead atoms. The number of hydrogen-bond acceptors (Lipinski definition) is 3. The first-order valence-corrected chi connectivity index (χ1v) is 11.3. The maximum atomic E-state index is 11.9. The second-order valence-electron chi connectivity index (χ2n) is 5.58. The Balaban J connectivity index is 2.68. The highest BCUT2D eigenvalue weighted by Crippen LogP contribution is 2.16. The maximum absolute atomic E-state index is 11.9. The third kappa shape index (κ3) is 4.92. The molecule has 102 valence electrons. The van der Waals surface area contributed by atoms with Crippen molar-refractivity contribution in [1.29, 1.82) is 0 Å². The van der Waals surface area contributed by atoms with Gasteiger partial charge in [0.1, 0.15) is 0 Å². The number of aryl methyl sites for hydroxylation is 1. The van der Waals surface area contributed by atoms with E-state index in [1.54, 1.807) is 12.1 Å². The molecule has 0 saturated heterocycles. The van der Waals surface area contributed by atoms with E-state index in [0.29, 0.717) is 0 Å².